The Morgan fingerprint density at radius 1 is 1.10 bits per heavy atom. The first-order valence-corrected chi connectivity index (χ1v) is 6.85. The predicted molar refractivity (Wildman–Crippen MR) is 77.0 cm³/mol. The zero-order chi connectivity index (χ0) is 14.1. The van der Waals surface area contributed by atoms with E-state index in [-0.39, 0.29) is 0 Å². The molecular formula is C14H14N6O. The van der Waals surface area contributed by atoms with Crippen molar-refractivity contribution in [2.45, 2.75) is 0 Å². The van der Waals surface area contributed by atoms with Gasteiger partial charge in [-0.15, -0.1) is 5.10 Å². The summed E-state index contributed by atoms with van der Waals surface area (Å²) >= 11 is 0. The number of ether oxygens (including phenoxy) is 1. The van der Waals surface area contributed by atoms with E-state index in [0.29, 0.717) is 5.82 Å². The molecule has 1 aliphatic heterocycles. The van der Waals surface area contributed by atoms with Gasteiger partial charge in [-0.05, 0) is 12.1 Å². The first-order valence-electron chi connectivity index (χ1n) is 6.85. The van der Waals surface area contributed by atoms with Crippen molar-refractivity contribution in [2.24, 2.45) is 0 Å². The lowest BCUT2D eigenvalue weighted by atomic mass is 10.3. The molecule has 0 N–H and O–H groups in total. The summed E-state index contributed by atoms with van der Waals surface area (Å²) in [4.78, 5) is 15.0. The summed E-state index contributed by atoms with van der Waals surface area (Å²) in [6, 6.07) is 4.00. The summed E-state index contributed by atoms with van der Waals surface area (Å²) in [5, 5.41) is 4.53. The fourth-order valence-corrected chi connectivity index (χ4v) is 2.46. The van der Waals surface area contributed by atoms with Crippen molar-refractivity contribution < 1.29 is 4.74 Å². The van der Waals surface area contributed by atoms with Crippen molar-refractivity contribution in [3.8, 4) is 11.4 Å². The Kier molecular flexibility index (Phi) is 2.97. The van der Waals surface area contributed by atoms with E-state index in [0.717, 1.165) is 43.2 Å². The van der Waals surface area contributed by atoms with Crippen LogP contribution in [-0.2, 0) is 4.74 Å². The van der Waals surface area contributed by atoms with Gasteiger partial charge in [0.15, 0.2) is 11.6 Å². The second kappa shape index (κ2) is 5.10. The fraction of sp³-hybridized carbons (Fsp3) is 0.286. The monoisotopic (exact) mass is 282 g/mol. The van der Waals surface area contributed by atoms with Crippen LogP contribution in [0.5, 0.6) is 0 Å². The minimum atomic E-state index is 0.626. The third kappa shape index (κ3) is 2.21. The fourth-order valence-electron chi connectivity index (χ4n) is 2.46. The molecule has 7 heteroatoms. The standard InChI is InChI=1S/C14H14N6O/c1-2-12-14(19-4-6-21-7-5-19)17-13(18-20(12)3-1)11-8-15-10-16-9-11/h1-3,8-10H,4-7H2. The van der Waals surface area contributed by atoms with E-state index in [2.05, 4.69) is 20.0 Å². The molecule has 3 aromatic rings. The zero-order valence-corrected chi connectivity index (χ0v) is 11.4. The smallest absolute Gasteiger partial charge is 0.185 e. The van der Waals surface area contributed by atoms with Crippen LogP contribution in [0, 0.1) is 0 Å². The third-order valence-electron chi connectivity index (χ3n) is 3.50. The Balaban J connectivity index is 1.86. The van der Waals surface area contributed by atoms with Crippen LogP contribution in [0.15, 0.2) is 37.1 Å². The Morgan fingerprint density at radius 2 is 1.90 bits per heavy atom. The van der Waals surface area contributed by atoms with Gasteiger partial charge in [-0.1, -0.05) is 0 Å². The van der Waals surface area contributed by atoms with Gasteiger partial charge in [-0.25, -0.2) is 19.5 Å². The van der Waals surface area contributed by atoms with Crippen molar-refractivity contribution >= 4 is 11.3 Å². The van der Waals surface area contributed by atoms with Crippen LogP contribution in [0.25, 0.3) is 16.9 Å². The van der Waals surface area contributed by atoms with E-state index >= 15 is 0 Å². The Morgan fingerprint density at radius 3 is 2.71 bits per heavy atom. The summed E-state index contributed by atoms with van der Waals surface area (Å²) in [5.41, 5.74) is 1.81. The number of fused-ring (bicyclic) bond motifs is 1. The second-order valence-corrected chi connectivity index (χ2v) is 4.82. The molecule has 3 aromatic heterocycles. The predicted octanol–water partition coefficient (Wildman–Crippen LogP) is 1.02. The highest BCUT2D eigenvalue weighted by molar-refractivity contribution is 5.71. The first-order chi connectivity index (χ1) is 10.4. The molecular weight excluding hydrogens is 268 g/mol. The van der Waals surface area contributed by atoms with Gasteiger partial charge in [0, 0.05) is 31.7 Å². The highest BCUT2D eigenvalue weighted by Gasteiger charge is 2.18. The van der Waals surface area contributed by atoms with Gasteiger partial charge in [-0.3, -0.25) is 0 Å². The molecule has 0 aliphatic carbocycles. The summed E-state index contributed by atoms with van der Waals surface area (Å²) in [7, 11) is 0. The van der Waals surface area contributed by atoms with Gasteiger partial charge in [-0.2, -0.15) is 0 Å². The lowest BCUT2D eigenvalue weighted by Gasteiger charge is -2.28. The molecule has 0 aromatic carbocycles. The minimum Gasteiger partial charge on any atom is -0.378 e. The highest BCUT2D eigenvalue weighted by atomic mass is 16.5. The molecule has 0 spiro atoms. The van der Waals surface area contributed by atoms with E-state index in [1.54, 1.807) is 12.4 Å². The van der Waals surface area contributed by atoms with Crippen LogP contribution in [0.2, 0.25) is 0 Å². The summed E-state index contributed by atoms with van der Waals surface area (Å²) < 4.78 is 7.27. The van der Waals surface area contributed by atoms with E-state index in [9.17, 15) is 0 Å². The number of hydrogen-bond acceptors (Lipinski definition) is 6. The van der Waals surface area contributed by atoms with Gasteiger partial charge in [0.05, 0.1) is 18.8 Å². The van der Waals surface area contributed by atoms with Crippen LogP contribution in [0.1, 0.15) is 0 Å². The van der Waals surface area contributed by atoms with Crippen LogP contribution >= 0.6 is 0 Å². The maximum Gasteiger partial charge on any atom is 0.185 e. The molecule has 0 amide bonds. The Hall–Kier alpha value is -2.54. The molecule has 0 unspecified atom stereocenters. The molecule has 0 atom stereocenters. The number of nitrogens with zero attached hydrogens (tertiary/aromatic N) is 6. The molecule has 7 nitrogen and oxygen atoms in total. The van der Waals surface area contributed by atoms with E-state index in [1.807, 2.05) is 22.8 Å². The van der Waals surface area contributed by atoms with Crippen LogP contribution in [0.4, 0.5) is 5.82 Å². The molecule has 0 saturated carbocycles. The average Bonchev–Trinajstić information content (AvgIpc) is 3.04. The van der Waals surface area contributed by atoms with Crippen LogP contribution in [-0.4, -0.2) is 50.9 Å². The van der Waals surface area contributed by atoms with Crippen molar-refractivity contribution in [3.63, 3.8) is 0 Å². The average molecular weight is 282 g/mol. The normalized spacial score (nSPS) is 15.5. The molecule has 106 valence electrons. The minimum absolute atomic E-state index is 0.626. The van der Waals surface area contributed by atoms with Crippen LogP contribution in [0.3, 0.4) is 0 Å². The maximum absolute atomic E-state index is 5.42. The van der Waals surface area contributed by atoms with Gasteiger partial charge >= 0.3 is 0 Å². The molecule has 0 bridgehead atoms. The SMILES string of the molecule is c1cc2c(N3CCOCC3)nc(-c3cncnc3)nn2c1. The highest BCUT2D eigenvalue weighted by Crippen LogP contribution is 2.23. The summed E-state index contributed by atoms with van der Waals surface area (Å²) in [5.74, 6) is 1.55. The van der Waals surface area contributed by atoms with E-state index in [1.165, 1.54) is 6.33 Å². The molecule has 1 aliphatic rings. The Bertz CT molecular complexity index is 751. The number of rotatable bonds is 2. The number of hydrogen-bond donors (Lipinski definition) is 0. The largest absolute Gasteiger partial charge is 0.378 e. The molecule has 4 heterocycles. The molecule has 1 fully saturated rings. The van der Waals surface area contributed by atoms with Crippen molar-refractivity contribution in [1.82, 2.24) is 24.6 Å². The van der Waals surface area contributed by atoms with Crippen molar-refractivity contribution in [2.75, 3.05) is 31.2 Å². The van der Waals surface area contributed by atoms with Gasteiger partial charge < -0.3 is 9.64 Å². The van der Waals surface area contributed by atoms with Crippen molar-refractivity contribution in [1.29, 1.82) is 0 Å². The van der Waals surface area contributed by atoms with Gasteiger partial charge in [0.2, 0.25) is 0 Å². The molecule has 4 rings (SSSR count). The summed E-state index contributed by atoms with van der Waals surface area (Å²) in [6.45, 7) is 3.12. The third-order valence-corrected chi connectivity index (χ3v) is 3.50. The lowest BCUT2D eigenvalue weighted by Crippen LogP contribution is -2.37. The van der Waals surface area contributed by atoms with Crippen LogP contribution < -0.4 is 4.90 Å². The topological polar surface area (TPSA) is 68.4 Å². The van der Waals surface area contributed by atoms with E-state index in [4.69, 9.17) is 9.72 Å². The summed E-state index contributed by atoms with van der Waals surface area (Å²) in [6.07, 6.45) is 6.87. The van der Waals surface area contributed by atoms with Crippen molar-refractivity contribution in [3.05, 3.63) is 37.1 Å². The molecule has 21 heavy (non-hydrogen) atoms. The molecule has 0 radical (unpaired) electrons. The maximum atomic E-state index is 5.42. The van der Waals surface area contributed by atoms with E-state index < -0.39 is 0 Å². The number of anilines is 1. The lowest BCUT2D eigenvalue weighted by molar-refractivity contribution is 0.122. The zero-order valence-electron chi connectivity index (χ0n) is 11.4. The molecule has 1 saturated heterocycles. The van der Waals surface area contributed by atoms with Gasteiger partial charge in [0.25, 0.3) is 0 Å². The van der Waals surface area contributed by atoms with Gasteiger partial charge in [0.1, 0.15) is 11.8 Å². The Labute approximate surface area is 121 Å². The first kappa shape index (κ1) is 12.2. The number of aromatic nitrogens is 5. The quantitative estimate of drug-likeness (QED) is 0.699. The second-order valence-electron chi connectivity index (χ2n) is 4.82. The number of morpholine rings is 1.